The van der Waals surface area contributed by atoms with Crippen molar-refractivity contribution in [2.75, 3.05) is 0 Å². The van der Waals surface area contributed by atoms with E-state index < -0.39 is 0 Å². The van der Waals surface area contributed by atoms with Gasteiger partial charge in [-0.15, -0.1) is 0 Å². The van der Waals surface area contributed by atoms with Crippen molar-refractivity contribution in [3.63, 3.8) is 0 Å². The Bertz CT molecular complexity index is 566. The molecule has 0 atom stereocenters. The summed E-state index contributed by atoms with van der Waals surface area (Å²) >= 11 is 9.42. The van der Waals surface area contributed by atoms with Gasteiger partial charge in [0.25, 0.3) is 0 Å². The molecule has 0 aliphatic carbocycles. The average molecular weight is 326 g/mol. The van der Waals surface area contributed by atoms with E-state index in [1.54, 1.807) is 0 Å². The van der Waals surface area contributed by atoms with Gasteiger partial charge in [0.15, 0.2) is 0 Å². The lowest BCUT2D eigenvalue weighted by molar-refractivity contribution is 0.475. The number of benzene rings is 2. The molecule has 1 nitrogen and oxygen atoms in total. The molecular formula is C15H14BrClO. The van der Waals surface area contributed by atoms with E-state index in [0.29, 0.717) is 0 Å². The number of alkyl halides is 1. The van der Waals surface area contributed by atoms with Crippen molar-refractivity contribution >= 4 is 27.5 Å². The van der Waals surface area contributed by atoms with Crippen molar-refractivity contribution in [2.24, 2.45) is 0 Å². The first-order valence-corrected chi connectivity index (χ1v) is 7.19. The third-order valence-corrected chi connectivity index (χ3v) is 3.56. The summed E-state index contributed by atoms with van der Waals surface area (Å²) in [4.78, 5) is 0. The van der Waals surface area contributed by atoms with Crippen molar-refractivity contribution in [1.82, 2.24) is 0 Å². The quantitative estimate of drug-likeness (QED) is 0.663. The number of hydrogen-bond donors (Lipinski definition) is 0. The molecule has 18 heavy (non-hydrogen) atoms. The molecule has 0 saturated carbocycles. The van der Waals surface area contributed by atoms with Crippen LogP contribution in [0.1, 0.15) is 16.7 Å². The summed E-state index contributed by atoms with van der Waals surface area (Å²) in [7, 11) is 0. The van der Waals surface area contributed by atoms with Gasteiger partial charge >= 0.3 is 0 Å². The molecule has 0 heterocycles. The molecular weight excluding hydrogens is 312 g/mol. The summed E-state index contributed by atoms with van der Waals surface area (Å²) in [5.41, 5.74) is 3.40. The first-order chi connectivity index (χ1) is 8.60. The highest BCUT2D eigenvalue weighted by molar-refractivity contribution is 9.08. The van der Waals surface area contributed by atoms with Crippen LogP contribution in [0.25, 0.3) is 0 Å². The molecule has 2 aromatic rings. The molecule has 0 fully saturated rings. The normalized spacial score (nSPS) is 10.4. The summed E-state index contributed by atoms with van der Waals surface area (Å²) in [5, 5.41) is 1.50. The minimum atomic E-state index is 0.726. The predicted molar refractivity (Wildman–Crippen MR) is 80.1 cm³/mol. The largest absolute Gasteiger partial charge is 0.457 e. The zero-order valence-corrected chi connectivity index (χ0v) is 12.7. The van der Waals surface area contributed by atoms with Gasteiger partial charge in [-0.05, 0) is 43.7 Å². The molecule has 0 aromatic heterocycles. The van der Waals surface area contributed by atoms with Crippen molar-refractivity contribution in [1.29, 1.82) is 0 Å². The molecule has 0 bridgehead atoms. The number of aryl methyl sites for hydroxylation is 2. The zero-order valence-electron chi connectivity index (χ0n) is 10.3. The van der Waals surface area contributed by atoms with E-state index in [4.69, 9.17) is 16.3 Å². The lowest BCUT2D eigenvalue weighted by Gasteiger charge is -2.12. The fourth-order valence-electron chi connectivity index (χ4n) is 1.76. The smallest absolute Gasteiger partial charge is 0.131 e. The van der Waals surface area contributed by atoms with Crippen LogP contribution < -0.4 is 4.74 Å². The monoisotopic (exact) mass is 324 g/mol. The van der Waals surface area contributed by atoms with E-state index in [1.807, 2.05) is 37.3 Å². The lowest BCUT2D eigenvalue weighted by Crippen LogP contribution is -1.92. The van der Waals surface area contributed by atoms with Crippen molar-refractivity contribution in [3.8, 4) is 11.5 Å². The second-order valence-electron chi connectivity index (χ2n) is 4.26. The van der Waals surface area contributed by atoms with Gasteiger partial charge in [-0.3, -0.25) is 0 Å². The zero-order chi connectivity index (χ0) is 13.1. The maximum Gasteiger partial charge on any atom is 0.131 e. The molecule has 0 radical (unpaired) electrons. The SMILES string of the molecule is Cc1ccc(Oc2ccc(Cl)cc2C)c(CBr)c1. The van der Waals surface area contributed by atoms with Crippen LogP contribution in [-0.2, 0) is 5.33 Å². The number of halogens is 2. The predicted octanol–water partition coefficient (Wildman–Crippen LogP) is 5.64. The summed E-state index contributed by atoms with van der Waals surface area (Å²) in [5.74, 6) is 1.72. The van der Waals surface area contributed by atoms with E-state index in [2.05, 4.69) is 28.9 Å². The molecule has 0 aliphatic rings. The molecule has 0 aliphatic heterocycles. The number of rotatable bonds is 3. The summed E-state index contributed by atoms with van der Waals surface area (Å²) in [6.07, 6.45) is 0. The van der Waals surface area contributed by atoms with E-state index in [9.17, 15) is 0 Å². The van der Waals surface area contributed by atoms with E-state index >= 15 is 0 Å². The molecule has 0 spiro atoms. The minimum Gasteiger partial charge on any atom is -0.457 e. The Morgan fingerprint density at radius 3 is 2.44 bits per heavy atom. The second-order valence-corrected chi connectivity index (χ2v) is 5.25. The van der Waals surface area contributed by atoms with Crippen LogP contribution in [-0.4, -0.2) is 0 Å². The van der Waals surface area contributed by atoms with Gasteiger partial charge in [0.1, 0.15) is 11.5 Å². The Balaban J connectivity index is 2.33. The van der Waals surface area contributed by atoms with E-state index in [1.165, 1.54) is 5.56 Å². The van der Waals surface area contributed by atoms with Crippen LogP contribution in [0.2, 0.25) is 5.02 Å². The Labute approximate surface area is 121 Å². The highest BCUT2D eigenvalue weighted by Gasteiger charge is 2.06. The maximum absolute atomic E-state index is 5.95. The minimum absolute atomic E-state index is 0.726. The number of ether oxygens (including phenoxy) is 1. The molecule has 2 rings (SSSR count). The fraction of sp³-hybridized carbons (Fsp3) is 0.200. The summed E-state index contributed by atoms with van der Waals surface area (Å²) < 4.78 is 5.95. The molecule has 0 unspecified atom stereocenters. The van der Waals surface area contributed by atoms with Crippen molar-refractivity contribution in [3.05, 3.63) is 58.1 Å². The fourth-order valence-corrected chi connectivity index (χ4v) is 2.42. The maximum atomic E-state index is 5.95. The van der Waals surface area contributed by atoms with Crippen LogP contribution in [0.5, 0.6) is 11.5 Å². The van der Waals surface area contributed by atoms with Crippen LogP contribution in [0, 0.1) is 13.8 Å². The van der Waals surface area contributed by atoms with Gasteiger partial charge in [-0.1, -0.05) is 45.2 Å². The topological polar surface area (TPSA) is 9.23 Å². The van der Waals surface area contributed by atoms with Crippen molar-refractivity contribution < 1.29 is 4.74 Å². The lowest BCUT2D eigenvalue weighted by atomic mass is 10.1. The van der Waals surface area contributed by atoms with Gasteiger partial charge in [0.2, 0.25) is 0 Å². The third-order valence-electron chi connectivity index (χ3n) is 2.72. The molecule has 0 N–H and O–H groups in total. The molecule has 94 valence electrons. The van der Waals surface area contributed by atoms with Gasteiger partial charge in [-0.25, -0.2) is 0 Å². The van der Waals surface area contributed by atoms with Gasteiger partial charge < -0.3 is 4.74 Å². The summed E-state index contributed by atoms with van der Waals surface area (Å²) in [6.45, 7) is 4.06. The Morgan fingerprint density at radius 2 is 1.78 bits per heavy atom. The Morgan fingerprint density at radius 1 is 1.06 bits per heavy atom. The van der Waals surface area contributed by atoms with Crippen LogP contribution >= 0.6 is 27.5 Å². The molecule has 3 heteroatoms. The van der Waals surface area contributed by atoms with E-state index in [-0.39, 0.29) is 0 Å². The molecule has 2 aromatic carbocycles. The van der Waals surface area contributed by atoms with Gasteiger partial charge in [0.05, 0.1) is 0 Å². The highest BCUT2D eigenvalue weighted by Crippen LogP contribution is 2.31. The summed E-state index contributed by atoms with van der Waals surface area (Å²) in [6, 6.07) is 11.8. The second kappa shape index (κ2) is 5.77. The standard InChI is InChI=1S/C15H14BrClO/c1-10-3-5-15(12(7-10)9-16)18-14-6-4-13(17)8-11(14)2/h3-8H,9H2,1-2H3. The van der Waals surface area contributed by atoms with Crippen molar-refractivity contribution in [2.45, 2.75) is 19.2 Å². The number of hydrogen-bond acceptors (Lipinski definition) is 1. The van der Waals surface area contributed by atoms with Gasteiger partial charge in [0, 0.05) is 15.9 Å². The first kappa shape index (κ1) is 13.4. The van der Waals surface area contributed by atoms with Crippen LogP contribution in [0.15, 0.2) is 36.4 Å². The average Bonchev–Trinajstić information content (AvgIpc) is 2.34. The first-order valence-electron chi connectivity index (χ1n) is 5.69. The van der Waals surface area contributed by atoms with Crippen LogP contribution in [0.4, 0.5) is 0 Å². The Kier molecular flexibility index (Phi) is 4.31. The van der Waals surface area contributed by atoms with Gasteiger partial charge in [-0.2, -0.15) is 0 Å². The third kappa shape index (κ3) is 3.06. The molecule has 0 saturated heterocycles. The Hall–Kier alpha value is -0.990. The van der Waals surface area contributed by atoms with Crippen LogP contribution in [0.3, 0.4) is 0 Å². The molecule has 0 amide bonds. The highest BCUT2D eigenvalue weighted by atomic mass is 79.9. The van der Waals surface area contributed by atoms with E-state index in [0.717, 1.165) is 33.0 Å².